The van der Waals surface area contributed by atoms with Crippen molar-refractivity contribution in [1.29, 1.82) is 0 Å². The molecule has 0 aliphatic carbocycles. The monoisotopic (exact) mass is 193 g/mol. The molecule has 11 heavy (non-hydrogen) atoms. The first-order valence-electron chi connectivity index (χ1n) is 1.10. The maximum absolute atomic E-state index is 8.00. The summed E-state index contributed by atoms with van der Waals surface area (Å²) in [5.41, 5.74) is 0. The second-order valence-electron chi connectivity index (χ2n) is 0.224. The number of nitrogens with zero attached hydrogens (tertiary/aromatic N) is 3. The molecular formula is N3NaO6S. The Morgan fingerprint density at radius 3 is 0.727 bits per heavy atom. The van der Waals surface area contributed by atoms with Gasteiger partial charge in [0.2, 0.25) is 0 Å². The summed E-state index contributed by atoms with van der Waals surface area (Å²) in [6.07, 6.45) is 0. The van der Waals surface area contributed by atoms with E-state index < -0.39 is 0 Å². The molecule has 0 aliphatic heterocycles. The second kappa shape index (κ2) is 107. The molecular weight excluding hydrogens is 193 g/mol. The van der Waals surface area contributed by atoms with Gasteiger partial charge in [0.05, 0.1) is 0 Å². The van der Waals surface area contributed by atoms with Gasteiger partial charge in [0.25, 0.3) is 0 Å². The fraction of sp³-hybridized carbons (Fsp3) is 0. The van der Waals surface area contributed by atoms with Crippen molar-refractivity contribution in [2.75, 3.05) is 0 Å². The van der Waals surface area contributed by atoms with Crippen LogP contribution in [0.3, 0.4) is 0 Å². The Bertz CT molecular complexity index is 54.6. The maximum atomic E-state index is 8.00. The van der Waals surface area contributed by atoms with E-state index in [9.17, 15) is 0 Å². The Kier molecular flexibility index (Phi) is 305. The molecule has 0 spiro atoms. The minimum atomic E-state index is 0. The summed E-state index contributed by atoms with van der Waals surface area (Å²) in [5.74, 6) is 0. The first kappa shape index (κ1) is 31.2. The van der Waals surface area contributed by atoms with E-state index in [1.54, 1.807) is 0 Å². The van der Waals surface area contributed by atoms with Crippen LogP contribution in [0.2, 0.25) is 0 Å². The van der Waals surface area contributed by atoms with E-state index in [0.717, 1.165) is 16.0 Å². The quantitative estimate of drug-likeness (QED) is 0.240. The molecule has 11 heteroatoms. The molecule has 4 radical (unpaired) electrons. The van der Waals surface area contributed by atoms with Crippen LogP contribution in [0.25, 0.3) is 0 Å². The largest absolute Gasteiger partial charge is 2.00 e. The third kappa shape index (κ3) is 2690. The molecule has 0 aromatic rings. The molecule has 0 fully saturated rings. The van der Waals surface area contributed by atoms with Crippen LogP contribution in [-0.4, -0.2) is 0 Å². The van der Waals surface area contributed by atoms with Crippen LogP contribution in [0.5, 0.6) is 0 Å². The molecule has 0 bridgehead atoms. The maximum Gasteiger partial charge on any atom is 2.00 e. The molecule has 0 atom stereocenters. The smallest absolute Gasteiger partial charge is 0.444 e. The number of hydrogen-bond donors (Lipinski definition) is 0. The minimum Gasteiger partial charge on any atom is -0.444 e. The fourth-order valence-corrected chi connectivity index (χ4v) is 0. The van der Waals surface area contributed by atoms with Crippen molar-refractivity contribution in [2.45, 2.75) is 0 Å². The zero-order valence-corrected chi connectivity index (χ0v) is 8.02. The Morgan fingerprint density at radius 1 is 0.727 bits per heavy atom. The minimum absolute atomic E-state index is 0. The van der Waals surface area contributed by atoms with Crippen LogP contribution in [0.1, 0.15) is 0 Å². The molecule has 0 rings (SSSR count). The van der Waals surface area contributed by atoms with Gasteiger partial charge < -0.3 is 30.3 Å². The van der Waals surface area contributed by atoms with Crippen LogP contribution < -0.4 is 29.6 Å². The number of rotatable bonds is 0. The van der Waals surface area contributed by atoms with Crippen molar-refractivity contribution in [3.05, 3.63) is 30.3 Å². The molecule has 9 nitrogen and oxygen atoms in total. The third-order valence-electron chi connectivity index (χ3n) is 0. The van der Waals surface area contributed by atoms with E-state index in [1.807, 2.05) is 0 Å². The van der Waals surface area contributed by atoms with E-state index in [-0.39, 0.29) is 43.1 Å². The van der Waals surface area contributed by atoms with Crippen molar-refractivity contribution in [3.63, 3.8) is 0 Å². The van der Waals surface area contributed by atoms with Gasteiger partial charge in [-0.2, -0.15) is 0 Å². The van der Waals surface area contributed by atoms with E-state index in [0.29, 0.717) is 0 Å². The standard InChI is InChI=1S/3HNO2.Na.S/c3*2-1-3;;/h3*(H,2,3);;/q;;;+1;+2/p-3. The Hall–Kier alpha value is -0.450. The van der Waals surface area contributed by atoms with Gasteiger partial charge in [0.15, 0.2) is 0 Å². The summed E-state index contributed by atoms with van der Waals surface area (Å²) in [4.78, 5) is 24.0. The molecule has 0 saturated carbocycles. The second-order valence-corrected chi connectivity index (χ2v) is 0.224. The first-order valence-corrected chi connectivity index (χ1v) is 1.10. The predicted molar refractivity (Wildman–Crippen MR) is 34.9 cm³/mol. The van der Waals surface area contributed by atoms with Crippen molar-refractivity contribution in [3.8, 4) is 0 Å². The summed E-state index contributed by atoms with van der Waals surface area (Å²) in [7, 11) is 0. The number of hydrogen-bond acceptors (Lipinski definition) is 9. The average molecular weight is 193 g/mol. The molecule has 0 unspecified atom stereocenters. The Morgan fingerprint density at radius 2 is 0.727 bits per heavy atom. The molecule has 0 aliphatic rings. The SMILES string of the molecule is O=N[O-].O=N[O-].O=N[O-].[Na+].[S+2]. The van der Waals surface area contributed by atoms with Gasteiger partial charge in [-0.25, -0.2) is 0 Å². The third-order valence-corrected chi connectivity index (χ3v) is 0. The van der Waals surface area contributed by atoms with Crippen molar-refractivity contribution in [2.24, 2.45) is 16.0 Å². The molecule has 58 valence electrons. The first-order chi connectivity index (χ1) is 4.24. The summed E-state index contributed by atoms with van der Waals surface area (Å²) >= 11 is 0. The summed E-state index contributed by atoms with van der Waals surface area (Å²) in [5, 5.41) is 27.0. The van der Waals surface area contributed by atoms with Gasteiger partial charge in [0, 0.05) is 0 Å². The molecule has 0 heterocycles. The summed E-state index contributed by atoms with van der Waals surface area (Å²) in [6.45, 7) is 0. The Balaban J connectivity index is -0.0000000150. The van der Waals surface area contributed by atoms with Crippen molar-refractivity contribution >= 4 is 13.5 Å². The van der Waals surface area contributed by atoms with E-state index in [4.69, 9.17) is 30.3 Å². The molecule has 0 saturated heterocycles. The van der Waals surface area contributed by atoms with Crippen LogP contribution in [0.4, 0.5) is 0 Å². The van der Waals surface area contributed by atoms with E-state index in [2.05, 4.69) is 0 Å². The van der Waals surface area contributed by atoms with Gasteiger partial charge in [-0.05, 0) is 0 Å². The van der Waals surface area contributed by atoms with Crippen LogP contribution in [0, 0.1) is 30.3 Å². The van der Waals surface area contributed by atoms with E-state index >= 15 is 0 Å². The van der Waals surface area contributed by atoms with Gasteiger partial charge >= 0.3 is 43.1 Å². The van der Waals surface area contributed by atoms with Crippen LogP contribution >= 0.6 is 0 Å². The fourth-order valence-electron chi connectivity index (χ4n) is 0. The Labute approximate surface area is 89.3 Å². The normalized spacial score (nSPS) is 3.27. The average Bonchev–Trinajstić information content (AvgIpc) is 1.70. The topological polar surface area (TPSA) is 157 Å². The van der Waals surface area contributed by atoms with Crippen LogP contribution in [0.15, 0.2) is 16.0 Å². The summed E-state index contributed by atoms with van der Waals surface area (Å²) < 4.78 is 0. The van der Waals surface area contributed by atoms with Gasteiger partial charge in [-0.1, -0.05) is 0 Å². The predicted octanol–water partition coefficient (Wildman–Crippen LogP) is -2.25. The zero-order chi connectivity index (χ0) is 8.12. The van der Waals surface area contributed by atoms with Crippen molar-refractivity contribution < 1.29 is 29.6 Å². The molecule has 0 aromatic heterocycles. The summed E-state index contributed by atoms with van der Waals surface area (Å²) in [6, 6.07) is 0. The van der Waals surface area contributed by atoms with Gasteiger partial charge in [-0.3, -0.25) is 0 Å². The molecule has 0 aromatic carbocycles. The molecule has 0 amide bonds. The van der Waals surface area contributed by atoms with E-state index in [1.165, 1.54) is 0 Å². The zero-order valence-electron chi connectivity index (χ0n) is 5.20. The van der Waals surface area contributed by atoms with Crippen LogP contribution in [-0.2, 0) is 13.5 Å². The van der Waals surface area contributed by atoms with Crippen molar-refractivity contribution in [1.82, 2.24) is 0 Å². The molecule has 0 N–H and O–H groups in total. The van der Waals surface area contributed by atoms with Gasteiger partial charge in [0.1, 0.15) is 0 Å². The van der Waals surface area contributed by atoms with Gasteiger partial charge in [-0.15, -0.1) is 16.0 Å².